The Kier molecular flexibility index (Phi) is 6.38. The van der Waals surface area contributed by atoms with Crippen molar-refractivity contribution in [2.75, 3.05) is 19.3 Å². The van der Waals surface area contributed by atoms with E-state index >= 15 is 0 Å². The van der Waals surface area contributed by atoms with Crippen molar-refractivity contribution in [2.24, 2.45) is 0 Å². The summed E-state index contributed by atoms with van der Waals surface area (Å²) in [6.07, 6.45) is 0.159. The van der Waals surface area contributed by atoms with Crippen molar-refractivity contribution in [3.8, 4) is 0 Å². The van der Waals surface area contributed by atoms with Crippen LogP contribution in [0.25, 0.3) is 0 Å². The number of carboxylic acids is 1. The van der Waals surface area contributed by atoms with E-state index in [4.69, 9.17) is 0 Å². The SMILES string of the molecule is CCN(C)C(=O)CS(=O)C(Cc1ccccc1)C(=O)O. The highest BCUT2D eigenvalue weighted by molar-refractivity contribution is 7.87. The van der Waals surface area contributed by atoms with E-state index in [-0.39, 0.29) is 18.1 Å². The van der Waals surface area contributed by atoms with Crippen LogP contribution in [-0.2, 0) is 26.8 Å². The standard InChI is InChI=1S/C14H19NO4S/c1-3-15(2)13(16)10-20(19)12(14(17)18)9-11-7-5-4-6-8-11/h4-8,12H,3,9-10H2,1-2H3,(H,17,18). The predicted octanol–water partition coefficient (Wildman–Crippen LogP) is 0.909. The number of carboxylic acid groups (broad SMARTS) is 1. The molecule has 0 aromatic heterocycles. The van der Waals surface area contributed by atoms with Crippen LogP contribution in [0.4, 0.5) is 0 Å². The summed E-state index contributed by atoms with van der Waals surface area (Å²) in [4.78, 5) is 24.4. The van der Waals surface area contributed by atoms with E-state index in [1.807, 2.05) is 6.07 Å². The fraction of sp³-hybridized carbons (Fsp3) is 0.429. The van der Waals surface area contributed by atoms with Crippen LogP contribution in [0, 0.1) is 0 Å². The summed E-state index contributed by atoms with van der Waals surface area (Å²) in [5.41, 5.74) is 0.796. The predicted molar refractivity (Wildman–Crippen MR) is 77.9 cm³/mol. The Morgan fingerprint density at radius 1 is 1.30 bits per heavy atom. The minimum Gasteiger partial charge on any atom is -0.480 e. The number of hydrogen-bond donors (Lipinski definition) is 1. The first-order chi connectivity index (χ1) is 9.45. The first kappa shape index (κ1) is 16.4. The average molecular weight is 297 g/mol. The number of nitrogens with zero attached hydrogens (tertiary/aromatic N) is 1. The molecule has 1 rings (SSSR count). The molecule has 0 radical (unpaired) electrons. The number of carbonyl (C=O) groups is 2. The maximum Gasteiger partial charge on any atom is 0.319 e. The lowest BCUT2D eigenvalue weighted by Crippen LogP contribution is -2.36. The second-order valence-corrected chi connectivity index (χ2v) is 6.07. The third kappa shape index (κ3) is 4.77. The van der Waals surface area contributed by atoms with Gasteiger partial charge in [-0.15, -0.1) is 0 Å². The van der Waals surface area contributed by atoms with Crippen LogP contribution in [0.15, 0.2) is 30.3 Å². The molecule has 1 amide bonds. The molecular weight excluding hydrogens is 278 g/mol. The van der Waals surface area contributed by atoms with Gasteiger partial charge in [-0.05, 0) is 18.9 Å². The van der Waals surface area contributed by atoms with Crippen molar-refractivity contribution in [2.45, 2.75) is 18.6 Å². The summed E-state index contributed by atoms with van der Waals surface area (Å²) in [5, 5.41) is 8.13. The molecule has 1 N–H and O–H groups in total. The Labute approximate surface area is 121 Å². The lowest BCUT2D eigenvalue weighted by atomic mass is 10.1. The van der Waals surface area contributed by atoms with E-state index in [2.05, 4.69) is 0 Å². The van der Waals surface area contributed by atoms with Crippen LogP contribution >= 0.6 is 0 Å². The number of benzene rings is 1. The number of rotatable bonds is 7. The third-order valence-electron chi connectivity index (χ3n) is 3.02. The molecule has 1 aromatic rings. The van der Waals surface area contributed by atoms with Gasteiger partial charge in [0.25, 0.3) is 0 Å². The molecule has 0 fully saturated rings. The van der Waals surface area contributed by atoms with Crippen molar-refractivity contribution in [3.63, 3.8) is 0 Å². The van der Waals surface area contributed by atoms with E-state index in [1.54, 1.807) is 38.2 Å². The summed E-state index contributed by atoms with van der Waals surface area (Å²) in [5.74, 6) is -1.70. The second-order valence-electron chi connectivity index (χ2n) is 4.45. The second kappa shape index (κ2) is 7.79. The van der Waals surface area contributed by atoms with Crippen molar-refractivity contribution in [1.29, 1.82) is 0 Å². The minimum absolute atomic E-state index is 0.159. The van der Waals surface area contributed by atoms with Gasteiger partial charge >= 0.3 is 5.97 Å². The van der Waals surface area contributed by atoms with Gasteiger partial charge in [0.1, 0.15) is 11.0 Å². The van der Waals surface area contributed by atoms with Gasteiger partial charge in [0.15, 0.2) is 0 Å². The maximum atomic E-state index is 12.1. The molecule has 0 saturated carbocycles. The molecule has 0 aliphatic heterocycles. The van der Waals surface area contributed by atoms with Crippen molar-refractivity contribution < 1.29 is 18.9 Å². The van der Waals surface area contributed by atoms with Crippen LogP contribution in [0.5, 0.6) is 0 Å². The van der Waals surface area contributed by atoms with Crippen LogP contribution in [-0.4, -0.2) is 50.7 Å². The van der Waals surface area contributed by atoms with Gasteiger partial charge in [-0.2, -0.15) is 0 Å². The first-order valence-corrected chi connectivity index (χ1v) is 7.71. The molecule has 0 spiro atoms. The quantitative estimate of drug-likeness (QED) is 0.812. The van der Waals surface area contributed by atoms with Gasteiger partial charge in [0.2, 0.25) is 5.91 Å². The Morgan fingerprint density at radius 3 is 2.40 bits per heavy atom. The number of aliphatic carboxylic acids is 1. The first-order valence-electron chi connectivity index (χ1n) is 6.33. The van der Waals surface area contributed by atoms with E-state index in [0.29, 0.717) is 6.54 Å². The molecule has 2 atom stereocenters. The zero-order valence-electron chi connectivity index (χ0n) is 11.6. The Hall–Kier alpha value is -1.69. The van der Waals surface area contributed by atoms with Gasteiger partial charge < -0.3 is 10.0 Å². The smallest absolute Gasteiger partial charge is 0.319 e. The molecule has 0 aliphatic carbocycles. The Balaban J connectivity index is 2.74. The van der Waals surface area contributed by atoms with Crippen LogP contribution in [0.2, 0.25) is 0 Å². The van der Waals surface area contributed by atoms with Crippen LogP contribution < -0.4 is 0 Å². The summed E-state index contributed by atoms with van der Waals surface area (Å²) in [6, 6.07) is 9.00. The van der Waals surface area contributed by atoms with Crippen LogP contribution in [0.3, 0.4) is 0 Å². The van der Waals surface area contributed by atoms with Gasteiger partial charge in [0, 0.05) is 24.4 Å². The monoisotopic (exact) mass is 297 g/mol. The lowest BCUT2D eigenvalue weighted by molar-refractivity contribution is -0.136. The van der Waals surface area contributed by atoms with E-state index in [0.717, 1.165) is 5.56 Å². The molecule has 0 heterocycles. The summed E-state index contributed by atoms with van der Waals surface area (Å²) >= 11 is 0. The zero-order chi connectivity index (χ0) is 15.1. The Morgan fingerprint density at radius 2 is 1.90 bits per heavy atom. The van der Waals surface area contributed by atoms with Gasteiger partial charge in [-0.1, -0.05) is 30.3 Å². The van der Waals surface area contributed by atoms with Crippen LogP contribution in [0.1, 0.15) is 12.5 Å². The highest BCUT2D eigenvalue weighted by Crippen LogP contribution is 2.09. The van der Waals surface area contributed by atoms with Gasteiger partial charge in [-0.3, -0.25) is 13.8 Å². The van der Waals surface area contributed by atoms with Crippen molar-refractivity contribution in [1.82, 2.24) is 4.90 Å². The molecule has 20 heavy (non-hydrogen) atoms. The summed E-state index contributed by atoms with van der Waals surface area (Å²) < 4.78 is 12.1. The zero-order valence-corrected chi connectivity index (χ0v) is 12.4. The van der Waals surface area contributed by atoms with E-state index < -0.39 is 22.0 Å². The largest absolute Gasteiger partial charge is 0.480 e. The highest BCUT2D eigenvalue weighted by Gasteiger charge is 2.27. The fourth-order valence-corrected chi connectivity index (χ4v) is 2.90. The fourth-order valence-electron chi connectivity index (χ4n) is 1.63. The van der Waals surface area contributed by atoms with Crippen molar-refractivity contribution in [3.05, 3.63) is 35.9 Å². The molecule has 110 valence electrons. The average Bonchev–Trinajstić information content (AvgIpc) is 2.44. The van der Waals surface area contributed by atoms with E-state index in [9.17, 15) is 18.9 Å². The number of carbonyl (C=O) groups excluding carboxylic acids is 1. The molecule has 5 nitrogen and oxygen atoms in total. The normalized spacial score (nSPS) is 13.5. The summed E-state index contributed by atoms with van der Waals surface area (Å²) in [7, 11) is -0.128. The van der Waals surface area contributed by atoms with Gasteiger partial charge in [0.05, 0.1) is 0 Å². The molecule has 2 unspecified atom stereocenters. The maximum absolute atomic E-state index is 12.1. The third-order valence-corrected chi connectivity index (χ3v) is 4.56. The molecule has 0 aliphatic rings. The Bertz CT molecular complexity index is 489. The minimum atomic E-state index is -1.73. The van der Waals surface area contributed by atoms with Crippen molar-refractivity contribution >= 4 is 22.7 Å². The van der Waals surface area contributed by atoms with Gasteiger partial charge in [-0.25, -0.2) is 0 Å². The number of amides is 1. The molecule has 6 heteroatoms. The summed E-state index contributed by atoms with van der Waals surface area (Å²) in [6.45, 7) is 2.31. The highest BCUT2D eigenvalue weighted by atomic mass is 32.2. The molecule has 0 bridgehead atoms. The lowest BCUT2D eigenvalue weighted by Gasteiger charge is -2.16. The topological polar surface area (TPSA) is 74.7 Å². The van der Waals surface area contributed by atoms with E-state index in [1.165, 1.54) is 4.90 Å². The molecule has 0 saturated heterocycles. The molecule has 1 aromatic carbocycles. The molecular formula is C14H19NO4S. The number of hydrogen-bond acceptors (Lipinski definition) is 3.